The Hall–Kier alpha value is -2.06. The number of aromatic nitrogens is 1. The van der Waals surface area contributed by atoms with Gasteiger partial charge in [-0.05, 0) is 37.6 Å². The van der Waals surface area contributed by atoms with Crippen molar-refractivity contribution in [3.8, 4) is 0 Å². The first kappa shape index (κ1) is 9.49. The third-order valence-corrected chi connectivity index (χ3v) is 2.22. The molecule has 0 aliphatic rings. The molecule has 0 N–H and O–H groups in total. The summed E-state index contributed by atoms with van der Waals surface area (Å²) >= 11 is 0. The van der Waals surface area contributed by atoms with Gasteiger partial charge in [-0.1, -0.05) is 16.7 Å². The Kier molecular flexibility index (Phi) is 2.27. The van der Waals surface area contributed by atoms with E-state index in [4.69, 9.17) is 5.53 Å². The van der Waals surface area contributed by atoms with Crippen molar-refractivity contribution in [3.05, 3.63) is 46.0 Å². The highest BCUT2D eigenvalue weighted by Crippen LogP contribution is 2.26. The number of fused-ring (bicyclic) bond motifs is 1. The topological polar surface area (TPSA) is 61.7 Å². The molecule has 0 unspecified atom stereocenters. The second-order valence-corrected chi connectivity index (χ2v) is 3.49. The summed E-state index contributed by atoms with van der Waals surface area (Å²) in [7, 11) is 0. The van der Waals surface area contributed by atoms with E-state index < -0.39 is 0 Å². The largest absolute Gasteiger partial charge is 0.253 e. The molecule has 0 spiro atoms. The average molecular weight is 198 g/mol. The third-order valence-electron chi connectivity index (χ3n) is 2.22. The Morgan fingerprint density at radius 3 is 2.80 bits per heavy atom. The van der Waals surface area contributed by atoms with Gasteiger partial charge in [0.2, 0.25) is 0 Å². The van der Waals surface area contributed by atoms with E-state index in [0.717, 1.165) is 22.2 Å². The third kappa shape index (κ3) is 1.75. The maximum atomic E-state index is 8.48. The lowest BCUT2D eigenvalue weighted by Gasteiger charge is -2.03. The predicted octanol–water partition coefficient (Wildman–Crippen LogP) is 3.79. The number of rotatable bonds is 1. The summed E-state index contributed by atoms with van der Waals surface area (Å²) in [5.74, 6) is 0. The fourth-order valence-electron chi connectivity index (χ4n) is 1.58. The summed E-state index contributed by atoms with van der Waals surface area (Å²) in [5.41, 5.74) is 12.0. The van der Waals surface area contributed by atoms with Gasteiger partial charge in [0.05, 0.1) is 5.52 Å². The normalized spacial score (nSPS) is 10.0. The van der Waals surface area contributed by atoms with Gasteiger partial charge >= 0.3 is 0 Å². The molecule has 4 nitrogen and oxygen atoms in total. The van der Waals surface area contributed by atoms with E-state index in [9.17, 15) is 0 Å². The maximum absolute atomic E-state index is 8.48. The second kappa shape index (κ2) is 3.59. The second-order valence-electron chi connectivity index (χ2n) is 3.49. The van der Waals surface area contributed by atoms with Crippen molar-refractivity contribution in [2.24, 2.45) is 5.11 Å². The number of hydrogen-bond acceptors (Lipinski definition) is 2. The minimum atomic E-state index is 0.642. The molecule has 0 amide bonds. The number of pyridine rings is 1. The van der Waals surface area contributed by atoms with Crippen LogP contribution in [0.25, 0.3) is 21.3 Å². The lowest BCUT2D eigenvalue weighted by molar-refractivity contribution is 1.24. The van der Waals surface area contributed by atoms with Crippen LogP contribution in [0.5, 0.6) is 0 Å². The Balaban J connectivity index is 2.87. The van der Waals surface area contributed by atoms with Crippen molar-refractivity contribution in [3.63, 3.8) is 0 Å². The minimum absolute atomic E-state index is 0.642. The minimum Gasteiger partial charge on any atom is -0.253 e. The molecule has 1 aromatic carbocycles. The molecule has 4 heteroatoms. The van der Waals surface area contributed by atoms with E-state index in [1.807, 2.05) is 32.0 Å². The molecule has 2 aromatic rings. The molecule has 0 aliphatic heterocycles. The van der Waals surface area contributed by atoms with Gasteiger partial charge in [-0.25, -0.2) is 0 Å². The smallest absolute Gasteiger partial charge is 0.0710 e. The van der Waals surface area contributed by atoms with Crippen molar-refractivity contribution >= 4 is 16.6 Å². The Morgan fingerprint density at radius 1 is 1.27 bits per heavy atom. The first-order valence-electron chi connectivity index (χ1n) is 4.64. The summed E-state index contributed by atoms with van der Waals surface area (Å²) < 4.78 is 0. The average Bonchev–Trinajstić information content (AvgIpc) is 2.19. The van der Waals surface area contributed by atoms with Crippen molar-refractivity contribution in [1.29, 1.82) is 0 Å². The summed E-state index contributed by atoms with van der Waals surface area (Å²) in [5, 5.41) is 4.58. The predicted molar refractivity (Wildman–Crippen MR) is 60.0 cm³/mol. The van der Waals surface area contributed by atoms with Gasteiger partial charge in [0, 0.05) is 21.7 Å². The van der Waals surface area contributed by atoms with E-state index >= 15 is 0 Å². The first-order chi connectivity index (χ1) is 7.20. The highest BCUT2D eigenvalue weighted by Gasteiger charge is 2.02. The molecular formula is C11H10N4. The van der Waals surface area contributed by atoms with Crippen molar-refractivity contribution in [2.75, 3.05) is 0 Å². The van der Waals surface area contributed by atoms with Gasteiger partial charge < -0.3 is 0 Å². The van der Waals surface area contributed by atoms with Gasteiger partial charge in [0.25, 0.3) is 0 Å². The van der Waals surface area contributed by atoms with Crippen LogP contribution in [0, 0.1) is 13.8 Å². The zero-order valence-corrected chi connectivity index (χ0v) is 8.60. The van der Waals surface area contributed by atoms with Crippen LogP contribution in [0.15, 0.2) is 29.4 Å². The van der Waals surface area contributed by atoms with Gasteiger partial charge in [-0.15, -0.1) is 0 Å². The molecule has 0 aliphatic carbocycles. The zero-order chi connectivity index (χ0) is 10.8. The zero-order valence-electron chi connectivity index (χ0n) is 8.60. The van der Waals surface area contributed by atoms with E-state index in [0.29, 0.717) is 5.69 Å². The summed E-state index contributed by atoms with van der Waals surface area (Å²) in [6, 6.07) is 7.70. The van der Waals surface area contributed by atoms with E-state index in [1.165, 1.54) is 0 Å². The molecule has 0 fully saturated rings. The summed E-state index contributed by atoms with van der Waals surface area (Å²) in [4.78, 5) is 7.20. The molecule has 1 heterocycles. The molecular weight excluding hydrogens is 188 g/mol. The quantitative estimate of drug-likeness (QED) is 0.390. The molecule has 0 radical (unpaired) electrons. The highest BCUT2D eigenvalue weighted by molar-refractivity contribution is 5.90. The monoisotopic (exact) mass is 198 g/mol. The van der Waals surface area contributed by atoms with E-state index in [1.54, 1.807) is 6.07 Å². The SMILES string of the molecule is Cc1ccc2nc(C)cc(N=[N+]=[N-])c2c1. The molecule has 0 saturated carbocycles. The maximum Gasteiger partial charge on any atom is 0.0710 e. The van der Waals surface area contributed by atoms with Crippen LogP contribution in [0.4, 0.5) is 5.69 Å². The summed E-state index contributed by atoms with van der Waals surface area (Å²) in [6.07, 6.45) is 0. The van der Waals surface area contributed by atoms with Gasteiger partial charge in [-0.3, -0.25) is 4.98 Å². The lowest BCUT2D eigenvalue weighted by Crippen LogP contribution is -1.84. The van der Waals surface area contributed by atoms with E-state index in [2.05, 4.69) is 15.0 Å². The lowest BCUT2D eigenvalue weighted by atomic mass is 10.1. The van der Waals surface area contributed by atoms with Gasteiger partial charge in [0.1, 0.15) is 0 Å². The van der Waals surface area contributed by atoms with Gasteiger partial charge in [-0.2, -0.15) is 0 Å². The number of nitrogens with zero attached hydrogens (tertiary/aromatic N) is 4. The molecule has 0 bridgehead atoms. The van der Waals surface area contributed by atoms with Gasteiger partial charge in [0.15, 0.2) is 0 Å². The fourth-order valence-corrected chi connectivity index (χ4v) is 1.58. The van der Waals surface area contributed by atoms with Crippen LogP contribution in [0.3, 0.4) is 0 Å². The van der Waals surface area contributed by atoms with Crippen molar-refractivity contribution in [2.45, 2.75) is 13.8 Å². The molecule has 0 saturated heterocycles. The fraction of sp³-hybridized carbons (Fsp3) is 0.182. The Morgan fingerprint density at radius 2 is 2.07 bits per heavy atom. The highest BCUT2D eigenvalue weighted by atomic mass is 15.1. The standard InChI is InChI=1S/C11H10N4/c1-7-3-4-10-9(5-7)11(14-15-12)6-8(2)13-10/h3-6H,1-2H3. The van der Waals surface area contributed by atoms with Crippen LogP contribution in [-0.2, 0) is 0 Å². The first-order valence-corrected chi connectivity index (χ1v) is 4.64. The molecule has 0 atom stereocenters. The Bertz CT molecular complexity index is 568. The number of aryl methyl sites for hydroxylation is 2. The molecule has 2 rings (SSSR count). The molecule has 74 valence electrons. The number of benzene rings is 1. The van der Waals surface area contributed by atoms with Crippen molar-refractivity contribution in [1.82, 2.24) is 4.98 Å². The van der Waals surface area contributed by atoms with E-state index in [-0.39, 0.29) is 0 Å². The van der Waals surface area contributed by atoms with Crippen LogP contribution in [0.2, 0.25) is 0 Å². The molecule has 15 heavy (non-hydrogen) atoms. The Labute approximate surface area is 87.2 Å². The summed E-state index contributed by atoms with van der Waals surface area (Å²) in [6.45, 7) is 3.88. The van der Waals surface area contributed by atoms with Crippen LogP contribution >= 0.6 is 0 Å². The van der Waals surface area contributed by atoms with Crippen LogP contribution in [0.1, 0.15) is 11.3 Å². The number of azide groups is 1. The van der Waals surface area contributed by atoms with Crippen molar-refractivity contribution < 1.29 is 0 Å². The van der Waals surface area contributed by atoms with Crippen LogP contribution in [-0.4, -0.2) is 4.98 Å². The molecule has 1 aromatic heterocycles. The number of hydrogen-bond donors (Lipinski definition) is 0. The van der Waals surface area contributed by atoms with Crippen LogP contribution < -0.4 is 0 Å².